The number of anilines is 1. The zero-order chi connectivity index (χ0) is 13.2. The summed E-state index contributed by atoms with van der Waals surface area (Å²) in [7, 11) is 0. The third-order valence-electron chi connectivity index (χ3n) is 3.08. The van der Waals surface area contributed by atoms with Crippen LogP contribution in [0.4, 0.5) is 5.88 Å². The predicted octanol–water partition coefficient (Wildman–Crippen LogP) is 2.54. The van der Waals surface area contributed by atoms with Crippen molar-refractivity contribution in [1.29, 1.82) is 0 Å². The largest absolute Gasteiger partial charge is 0.506 e. The van der Waals surface area contributed by atoms with Gasteiger partial charge in [0.2, 0.25) is 5.88 Å². The van der Waals surface area contributed by atoms with E-state index in [-0.39, 0.29) is 5.75 Å². The van der Waals surface area contributed by atoms with Crippen LogP contribution in [0.25, 0.3) is 11.3 Å². The molecule has 0 amide bonds. The average Bonchev–Trinajstić information content (AvgIpc) is 2.92. The summed E-state index contributed by atoms with van der Waals surface area (Å²) >= 11 is 5.88. The maximum atomic E-state index is 9.92. The van der Waals surface area contributed by atoms with Gasteiger partial charge in [0.15, 0.2) is 0 Å². The summed E-state index contributed by atoms with van der Waals surface area (Å²) in [6.45, 7) is 2.91. The number of aromatic nitrogens is 1. The number of ether oxygens (including phenoxy) is 1. The minimum Gasteiger partial charge on any atom is -0.506 e. The van der Waals surface area contributed by atoms with Crippen molar-refractivity contribution < 1.29 is 14.4 Å². The van der Waals surface area contributed by atoms with Crippen LogP contribution < -0.4 is 4.90 Å². The van der Waals surface area contributed by atoms with E-state index < -0.39 is 0 Å². The highest BCUT2D eigenvalue weighted by Crippen LogP contribution is 2.35. The molecule has 19 heavy (non-hydrogen) atoms. The number of rotatable bonds is 2. The first-order valence-corrected chi connectivity index (χ1v) is 6.41. The van der Waals surface area contributed by atoms with Crippen LogP contribution in [-0.4, -0.2) is 36.6 Å². The number of morpholine rings is 1. The Bertz CT molecular complexity index is 579. The van der Waals surface area contributed by atoms with E-state index in [9.17, 15) is 5.11 Å². The summed E-state index contributed by atoms with van der Waals surface area (Å²) in [6.07, 6.45) is 0. The molecule has 1 aliphatic rings. The van der Waals surface area contributed by atoms with E-state index in [0.717, 1.165) is 13.1 Å². The van der Waals surface area contributed by atoms with Crippen LogP contribution in [0.3, 0.4) is 0 Å². The number of hydrogen-bond donors (Lipinski definition) is 1. The molecule has 0 atom stereocenters. The zero-order valence-corrected chi connectivity index (χ0v) is 10.9. The minimum atomic E-state index is 0.0194. The number of phenolic OH excluding ortho intramolecular Hbond substituents is 1. The highest BCUT2D eigenvalue weighted by atomic mass is 35.5. The lowest BCUT2D eigenvalue weighted by Gasteiger charge is -2.25. The van der Waals surface area contributed by atoms with Crippen molar-refractivity contribution in [2.45, 2.75) is 0 Å². The molecule has 1 N–H and O–H groups in total. The monoisotopic (exact) mass is 280 g/mol. The van der Waals surface area contributed by atoms with Gasteiger partial charge in [-0.05, 0) is 12.1 Å². The smallest absolute Gasteiger partial charge is 0.228 e. The second-order valence-electron chi connectivity index (χ2n) is 4.29. The molecule has 0 aliphatic carbocycles. The lowest BCUT2D eigenvalue weighted by molar-refractivity contribution is 0.120. The lowest BCUT2D eigenvalue weighted by atomic mass is 10.1. The van der Waals surface area contributed by atoms with E-state index in [0.29, 0.717) is 35.4 Å². The van der Waals surface area contributed by atoms with Gasteiger partial charge in [-0.3, -0.25) is 0 Å². The molecule has 0 saturated carbocycles. The van der Waals surface area contributed by atoms with Gasteiger partial charge in [-0.1, -0.05) is 22.8 Å². The Labute approximate surface area is 115 Å². The molecular formula is C13H13ClN2O3. The highest BCUT2D eigenvalue weighted by Gasteiger charge is 2.18. The highest BCUT2D eigenvalue weighted by molar-refractivity contribution is 6.32. The van der Waals surface area contributed by atoms with E-state index in [1.165, 1.54) is 0 Å². The molecule has 5 nitrogen and oxygen atoms in total. The molecule has 0 unspecified atom stereocenters. The molecule has 1 aliphatic heterocycles. The van der Waals surface area contributed by atoms with Crippen molar-refractivity contribution >= 4 is 17.5 Å². The van der Waals surface area contributed by atoms with Crippen LogP contribution in [0.1, 0.15) is 0 Å². The number of phenols is 1. The fourth-order valence-electron chi connectivity index (χ4n) is 2.05. The van der Waals surface area contributed by atoms with Gasteiger partial charge in [-0.15, -0.1) is 0 Å². The second-order valence-corrected chi connectivity index (χ2v) is 4.69. The summed E-state index contributed by atoms with van der Waals surface area (Å²) in [5.41, 5.74) is 1.14. The molecule has 2 heterocycles. The second kappa shape index (κ2) is 5.11. The Kier molecular flexibility index (Phi) is 3.31. The van der Waals surface area contributed by atoms with Gasteiger partial charge in [0.1, 0.15) is 11.4 Å². The quantitative estimate of drug-likeness (QED) is 0.916. The van der Waals surface area contributed by atoms with Crippen molar-refractivity contribution in [3.8, 4) is 17.0 Å². The van der Waals surface area contributed by atoms with E-state index in [4.69, 9.17) is 20.9 Å². The Hall–Kier alpha value is -1.72. The summed E-state index contributed by atoms with van der Waals surface area (Å²) in [5, 5.41) is 14.2. The molecular weight excluding hydrogens is 268 g/mol. The Balaban J connectivity index is 1.90. The van der Waals surface area contributed by atoms with E-state index in [1.54, 1.807) is 24.3 Å². The van der Waals surface area contributed by atoms with Crippen molar-refractivity contribution in [1.82, 2.24) is 5.16 Å². The molecule has 1 saturated heterocycles. The summed E-state index contributed by atoms with van der Waals surface area (Å²) < 4.78 is 10.6. The molecule has 1 aromatic carbocycles. The first kappa shape index (κ1) is 12.3. The van der Waals surface area contributed by atoms with Crippen LogP contribution in [0.2, 0.25) is 5.02 Å². The molecule has 0 radical (unpaired) electrons. The van der Waals surface area contributed by atoms with Gasteiger partial charge >= 0.3 is 0 Å². The topological polar surface area (TPSA) is 58.7 Å². The van der Waals surface area contributed by atoms with Crippen molar-refractivity contribution in [2.75, 3.05) is 31.2 Å². The van der Waals surface area contributed by atoms with Crippen LogP contribution >= 0.6 is 11.6 Å². The molecule has 2 aromatic rings. The Morgan fingerprint density at radius 3 is 2.84 bits per heavy atom. The fraction of sp³-hybridized carbons (Fsp3) is 0.308. The minimum absolute atomic E-state index is 0.0194. The summed E-state index contributed by atoms with van der Waals surface area (Å²) in [4.78, 5) is 2.06. The van der Waals surface area contributed by atoms with E-state index in [2.05, 4.69) is 10.1 Å². The molecule has 3 rings (SSSR count). The molecule has 6 heteroatoms. The number of aromatic hydroxyl groups is 1. The van der Waals surface area contributed by atoms with Gasteiger partial charge in [0, 0.05) is 24.7 Å². The van der Waals surface area contributed by atoms with Gasteiger partial charge in [0.05, 0.1) is 18.2 Å². The van der Waals surface area contributed by atoms with E-state index in [1.807, 2.05) is 0 Å². The average molecular weight is 281 g/mol. The molecule has 0 spiro atoms. The Morgan fingerprint density at radius 2 is 2.05 bits per heavy atom. The third kappa shape index (κ3) is 2.39. The first-order chi connectivity index (χ1) is 9.25. The third-order valence-corrected chi connectivity index (χ3v) is 3.39. The number of para-hydroxylation sites is 1. The van der Waals surface area contributed by atoms with Crippen molar-refractivity contribution in [3.05, 3.63) is 29.3 Å². The number of benzene rings is 1. The van der Waals surface area contributed by atoms with Crippen LogP contribution in [-0.2, 0) is 4.74 Å². The van der Waals surface area contributed by atoms with Crippen LogP contribution in [0.5, 0.6) is 5.75 Å². The summed E-state index contributed by atoms with van der Waals surface area (Å²) in [5.74, 6) is 0.698. The van der Waals surface area contributed by atoms with Gasteiger partial charge in [-0.2, -0.15) is 0 Å². The zero-order valence-electron chi connectivity index (χ0n) is 10.2. The lowest BCUT2D eigenvalue weighted by Crippen LogP contribution is -2.35. The maximum absolute atomic E-state index is 9.92. The molecule has 0 bridgehead atoms. The van der Waals surface area contributed by atoms with Crippen LogP contribution in [0.15, 0.2) is 28.8 Å². The number of halogens is 1. The van der Waals surface area contributed by atoms with Gasteiger partial charge in [-0.25, -0.2) is 0 Å². The maximum Gasteiger partial charge on any atom is 0.228 e. The molecule has 1 fully saturated rings. The fourth-order valence-corrected chi connectivity index (χ4v) is 2.22. The van der Waals surface area contributed by atoms with Crippen molar-refractivity contribution in [3.63, 3.8) is 0 Å². The normalized spacial score (nSPS) is 15.7. The number of nitrogens with zero attached hydrogens (tertiary/aromatic N) is 2. The first-order valence-electron chi connectivity index (χ1n) is 6.03. The summed E-state index contributed by atoms with van der Waals surface area (Å²) in [6, 6.07) is 6.95. The standard InChI is InChI=1S/C13H13ClN2O3/c14-10-3-1-2-9(13(10)17)11-8-12(19-15-11)16-4-6-18-7-5-16/h1-3,8,17H,4-7H2. The molecule has 100 valence electrons. The van der Waals surface area contributed by atoms with Gasteiger partial charge < -0.3 is 19.3 Å². The number of hydrogen-bond acceptors (Lipinski definition) is 5. The molecule has 1 aromatic heterocycles. The Morgan fingerprint density at radius 1 is 1.26 bits per heavy atom. The van der Waals surface area contributed by atoms with Crippen LogP contribution in [0, 0.1) is 0 Å². The predicted molar refractivity (Wildman–Crippen MR) is 71.6 cm³/mol. The van der Waals surface area contributed by atoms with Crippen molar-refractivity contribution in [2.24, 2.45) is 0 Å². The van der Waals surface area contributed by atoms with E-state index >= 15 is 0 Å². The van der Waals surface area contributed by atoms with Gasteiger partial charge in [0.25, 0.3) is 0 Å². The SMILES string of the molecule is Oc1c(Cl)cccc1-c1cc(N2CCOCC2)on1.